The van der Waals surface area contributed by atoms with E-state index in [-0.39, 0.29) is 5.91 Å². The molecule has 134 valence electrons. The van der Waals surface area contributed by atoms with Crippen LogP contribution in [0.5, 0.6) is 0 Å². The van der Waals surface area contributed by atoms with E-state index < -0.39 is 0 Å². The van der Waals surface area contributed by atoms with Gasteiger partial charge in [-0.3, -0.25) is 9.69 Å². The molecule has 2 aromatic heterocycles. The molecule has 0 spiro atoms. The SMILES string of the molecule is CCN1CCCC1C1CCCN1C(=O)c1cc(C)nc2onc(C)c12. The minimum atomic E-state index is 0.104. The molecular weight excluding hydrogens is 316 g/mol. The van der Waals surface area contributed by atoms with Crippen LogP contribution in [0.4, 0.5) is 0 Å². The van der Waals surface area contributed by atoms with Crippen LogP contribution < -0.4 is 0 Å². The first-order valence-corrected chi connectivity index (χ1v) is 9.38. The molecule has 0 bridgehead atoms. The molecule has 0 radical (unpaired) electrons. The van der Waals surface area contributed by atoms with Crippen molar-refractivity contribution in [2.75, 3.05) is 19.6 Å². The van der Waals surface area contributed by atoms with Crippen molar-refractivity contribution in [2.24, 2.45) is 0 Å². The van der Waals surface area contributed by atoms with E-state index >= 15 is 0 Å². The lowest BCUT2D eigenvalue weighted by molar-refractivity contribution is 0.0651. The Kier molecular flexibility index (Phi) is 4.23. The van der Waals surface area contributed by atoms with E-state index in [1.165, 1.54) is 12.8 Å². The zero-order chi connectivity index (χ0) is 17.6. The Labute approximate surface area is 148 Å². The molecule has 2 fully saturated rings. The molecule has 2 unspecified atom stereocenters. The van der Waals surface area contributed by atoms with Crippen LogP contribution in [0.25, 0.3) is 11.1 Å². The van der Waals surface area contributed by atoms with Gasteiger partial charge in [0.1, 0.15) is 0 Å². The first-order chi connectivity index (χ1) is 12.1. The monoisotopic (exact) mass is 342 g/mol. The van der Waals surface area contributed by atoms with E-state index in [9.17, 15) is 4.79 Å². The normalized spacial score (nSPS) is 24.5. The van der Waals surface area contributed by atoms with E-state index in [0.717, 1.165) is 49.2 Å². The summed E-state index contributed by atoms with van der Waals surface area (Å²) in [4.78, 5) is 22.4. The molecule has 6 heteroatoms. The van der Waals surface area contributed by atoms with Crippen molar-refractivity contribution in [3.63, 3.8) is 0 Å². The Hall–Kier alpha value is -1.95. The van der Waals surface area contributed by atoms with E-state index in [0.29, 0.717) is 23.4 Å². The number of fused-ring (bicyclic) bond motifs is 1. The molecule has 1 amide bonds. The highest BCUT2D eigenvalue weighted by molar-refractivity contribution is 6.06. The highest BCUT2D eigenvalue weighted by Crippen LogP contribution is 2.32. The van der Waals surface area contributed by atoms with E-state index in [2.05, 4.69) is 26.9 Å². The molecule has 0 N–H and O–H groups in total. The average molecular weight is 342 g/mol. The van der Waals surface area contributed by atoms with Crippen LogP contribution >= 0.6 is 0 Å². The van der Waals surface area contributed by atoms with Crippen LogP contribution in [0.2, 0.25) is 0 Å². The quantitative estimate of drug-likeness (QED) is 0.858. The molecule has 4 rings (SSSR count). The van der Waals surface area contributed by atoms with Gasteiger partial charge in [0.2, 0.25) is 0 Å². The van der Waals surface area contributed by atoms with Gasteiger partial charge in [-0.05, 0) is 58.7 Å². The number of nitrogens with zero attached hydrogens (tertiary/aromatic N) is 4. The van der Waals surface area contributed by atoms with Gasteiger partial charge in [-0.15, -0.1) is 0 Å². The maximum Gasteiger partial charge on any atom is 0.258 e. The second-order valence-corrected chi connectivity index (χ2v) is 7.31. The molecule has 2 aliphatic heterocycles. The summed E-state index contributed by atoms with van der Waals surface area (Å²) in [5.74, 6) is 0.104. The van der Waals surface area contributed by atoms with Crippen LogP contribution in [-0.2, 0) is 0 Å². The number of carbonyl (C=O) groups is 1. The second-order valence-electron chi connectivity index (χ2n) is 7.31. The number of aryl methyl sites for hydroxylation is 2. The summed E-state index contributed by atoms with van der Waals surface area (Å²) < 4.78 is 5.30. The summed E-state index contributed by atoms with van der Waals surface area (Å²) in [6.07, 6.45) is 4.61. The van der Waals surface area contributed by atoms with E-state index in [1.807, 2.05) is 19.9 Å². The molecule has 0 saturated carbocycles. The maximum atomic E-state index is 13.4. The lowest BCUT2D eigenvalue weighted by Gasteiger charge is -2.34. The summed E-state index contributed by atoms with van der Waals surface area (Å²) >= 11 is 0. The summed E-state index contributed by atoms with van der Waals surface area (Å²) in [5.41, 5.74) is 2.68. The van der Waals surface area contributed by atoms with Crippen molar-refractivity contribution in [3.05, 3.63) is 23.0 Å². The molecule has 2 saturated heterocycles. The molecule has 0 aliphatic carbocycles. The summed E-state index contributed by atoms with van der Waals surface area (Å²) in [6, 6.07) is 2.70. The number of hydrogen-bond acceptors (Lipinski definition) is 5. The number of carbonyl (C=O) groups excluding carboxylic acids is 1. The summed E-state index contributed by atoms with van der Waals surface area (Å²) in [6.45, 7) is 9.04. The predicted molar refractivity (Wildman–Crippen MR) is 95.6 cm³/mol. The smallest absolute Gasteiger partial charge is 0.258 e. The predicted octanol–water partition coefficient (Wildman–Crippen LogP) is 2.93. The van der Waals surface area contributed by atoms with Crippen LogP contribution in [0.15, 0.2) is 10.6 Å². The minimum Gasteiger partial charge on any atom is -0.336 e. The molecule has 2 aromatic rings. The van der Waals surface area contributed by atoms with Crippen molar-refractivity contribution in [1.82, 2.24) is 19.9 Å². The Morgan fingerprint density at radius 1 is 1.24 bits per heavy atom. The Morgan fingerprint density at radius 2 is 2.00 bits per heavy atom. The van der Waals surface area contributed by atoms with Gasteiger partial charge in [0.15, 0.2) is 0 Å². The number of aromatic nitrogens is 2. The first-order valence-electron chi connectivity index (χ1n) is 9.38. The standard InChI is InChI=1S/C19H26N4O2/c1-4-22-9-5-7-15(22)16-8-6-10-23(16)19(24)14-11-12(2)20-18-17(14)13(3)21-25-18/h11,15-16H,4-10H2,1-3H3. The fraction of sp³-hybridized carbons (Fsp3) is 0.632. The maximum absolute atomic E-state index is 13.4. The molecule has 2 atom stereocenters. The summed E-state index contributed by atoms with van der Waals surface area (Å²) in [5, 5.41) is 4.78. The largest absolute Gasteiger partial charge is 0.336 e. The number of likely N-dealkylation sites (tertiary alicyclic amines) is 2. The minimum absolute atomic E-state index is 0.104. The number of amides is 1. The third-order valence-corrected chi connectivity index (χ3v) is 5.80. The van der Waals surface area contributed by atoms with Crippen molar-refractivity contribution < 1.29 is 9.32 Å². The summed E-state index contributed by atoms with van der Waals surface area (Å²) in [7, 11) is 0. The van der Waals surface area contributed by atoms with Gasteiger partial charge < -0.3 is 9.42 Å². The zero-order valence-corrected chi connectivity index (χ0v) is 15.3. The highest BCUT2D eigenvalue weighted by Gasteiger charge is 2.40. The lowest BCUT2D eigenvalue weighted by atomic mass is 10.0. The van der Waals surface area contributed by atoms with Gasteiger partial charge >= 0.3 is 0 Å². The second kappa shape index (κ2) is 6.41. The Balaban J connectivity index is 1.70. The van der Waals surface area contributed by atoms with Crippen LogP contribution in [-0.4, -0.2) is 57.6 Å². The van der Waals surface area contributed by atoms with Gasteiger partial charge in [-0.1, -0.05) is 12.1 Å². The van der Waals surface area contributed by atoms with Crippen molar-refractivity contribution >= 4 is 17.0 Å². The van der Waals surface area contributed by atoms with Crippen molar-refractivity contribution in [2.45, 2.75) is 58.5 Å². The topological polar surface area (TPSA) is 62.5 Å². The van der Waals surface area contributed by atoms with Crippen molar-refractivity contribution in [1.29, 1.82) is 0 Å². The van der Waals surface area contributed by atoms with Crippen molar-refractivity contribution in [3.8, 4) is 0 Å². The highest BCUT2D eigenvalue weighted by atomic mass is 16.5. The van der Waals surface area contributed by atoms with Gasteiger partial charge in [0, 0.05) is 24.3 Å². The Bertz CT molecular complexity index is 800. The van der Waals surface area contributed by atoms with E-state index in [4.69, 9.17) is 4.52 Å². The number of likely N-dealkylation sites (N-methyl/N-ethyl adjacent to an activating group) is 1. The molecular formula is C19H26N4O2. The first kappa shape index (κ1) is 16.5. The third-order valence-electron chi connectivity index (χ3n) is 5.80. The molecule has 4 heterocycles. The van der Waals surface area contributed by atoms with Crippen LogP contribution in [0.3, 0.4) is 0 Å². The molecule has 6 nitrogen and oxygen atoms in total. The van der Waals surface area contributed by atoms with E-state index in [1.54, 1.807) is 0 Å². The zero-order valence-electron chi connectivity index (χ0n) is 15.3. The number of rotatable bonds is 3. The fourth-order valence-corrected chi connectivity index (χ4v) is 4.67. The van der Waals surface area contributed by atoms with Gasteiger partial charge in [-0.25, -0.2) is 4.98 Å². The number of pyridine rings is 1. The number of hydrogen-bond donors (Lipinski definition) is 0. The van der Waals surface area contributed by atoms with Gasteiger partial charge in [0.05, 0.1) is 16.6 Å². The Morgan fingerprint density at radius 3 is 2.80 bits per heavy atom. The van der Waals surface area contributed by atoms with Gasteiger partial charge in [-0.2, -0.15) is 0 Å². The third kappa shape index (κ3) is 2.72. The molecule has 0 aromatic carbocycles. The van der Waals surface area contributed by atoms with Crippen LogP contribution in [0, 0.1) is 13.8 Å². The molecule has 2 aliphatic rings. The lowest BCUT2D eigenvalue weighted by Crippen LogP contribution is -2.48. The van der Waals surface area contributed by atoms with Gasteiger partial charge in [0.25, 0.3) is 11.6 Å². The average Bonchev–Trinajstić information content (AvgIpc) is 3.32. The van der Waals surface area contributed by atoms with Crippen LogP contribution in [0.1, 0.15) is 54.4 Å². The molecule has 25 heavy (non-hydrogen) atoms. The fourth-order valence-electron chi connectivity index (χ4n) is 4.67.